The molecular formula is C37H52ClN3O10. The summed E-state index contributed by atoms with van der Waals surface area (Å²) in [6.45, 7) is 10.8. The number of esters is 1. The first-order valence-corrected chi connectivity index (χ1v) is 17.6. The molecule has 0 saturated carbocycles. The van der Waals surface area contributed by atoms with Crippen molar-refractivity contribution in [3.05, 3.63) is 46.5 Å². The Bertz CT molecular complexity index is 1560. The number of fused-ring (bicyclic) bond motifs is 5. The van der Waals surface area contributed by atoms with Gasteiger partial charge in [0, 0.05) is 40.0 Å². The standard InChI is InChI=1S/C37H52ClN3O10/c1-20(2)14-30(42)40(7)23(5)34(44)50-29-18-31(43)41(8)25-16-24(17-26(47-9)32(25)38)15-21(3)12-11-13-28(48-10)37(46)19-27(49-35(45)39-37)22(4)33-36(29,6)51-33/h11-13,16-17,20,22-23,27-29,33,46H,14-15,18-19H2,1-10H3,(H,39,45)/b13-11+,21-12+/t22-,23-,27+,28-,29+,33+,36+,37+/m1/s1. The summed E-state index contributed by atoms with van der Waals surface area (Å²) in [6.07, 6.45) is 1.26. The minimum Gasteiger partial charge on any atom is -0.495 e. The number of nitrogens with one attached hydrogen (secondary N) is 1. The van der Waals surface area contributed by atoms with Crippen molar-refractivity contribution < 1.29 is 48.0 Å². The van der Waals surface area contributed by atoms with E-state index in [4.69, 9.17) is 35.3 Å². The number of hydrogen-bond donors (Lipinski definition) is 2. The Morgan fingerprint density at radius 1 is 1.22 bits per heavy atom. The molecule has 2 N–H and O–H groups in total. The molecule has 282 valence electrons. The van der Waals surface area contributed by atoms with Crippen LogP contribution >= 0.6 is 11.6 Å². The van der Waals surface area contributed by atoms with Crippen LogP contribution in [0.3, 0.4) is 0 Å². The lowest BCUT2D eigenvalue weighted by atomic mass is 9.83. The number of amides is 3. The van der Waals surface area contributed by atoms with Crippen molar-refractivity contribution in [2.45, 2.75) is 109 Å². The summed E-state index contributed by atoms with van der Waals surface area (Å²) in [5, 5.41) is 14.5. The maximum atomic E-state index is 14.1. The molecule has 3 amide bonds. The second-order valence-electron chi connectivity index (χ2n) is 14.5. The number of likely N-dealkylation sites (N-methyl/N-ethyl adjacent to an activating group) is 1. The van der Waals surface area contributed by atoms with Gasteiger partial charge in [-0.05, 0) is 50.8 Å². The van der Waals surface area contributed by atoms with E-state index in [9.17, 15) is 24.3 Å². The number of halogens is 1. The molecule has 14 heteroatoms. The van der Waals surface area contributed by atoms with E-state index in [1.54, 1.807) is 52.1 Å². The van der Waals surface area contributed by atoms with Gasteiger partial charge < -0.3 is 38.6 Å². The second-order valence-corrected chi connectivity index (χ2v) is 14.9. The molecule has 3 heterocycles. The highest BCUT2D eigenvalue weighted by molar-refractivity contribution is 6.35. The van der Waals surface area contributed by atoms with Crippen molar-refractivity contribution in [1.29, 1.82) is 0 Å². The van der Waals surface area contributed by atoms with Crippen LogP contribution in [0.25, 0.3) is 0 Å². The molecule has 13 nitrogen and oxygen atoms in total. The molecule has 2 saturated heterocycles. The van der Waals surface area contributed by atoms with Crippen molar-refractivity contribution >= 4 is 41.2 Å². The van der Waals surface area contributed by atoms with Crippen LogP contribution in [0.4, 0.5) is 10.5 Å². The SMILES string of the molecule is COc1cc2cc(c1Cl)N(C)C(=O)C[C@H](OC(=O)[C@@H](C)N(C)C(=O)CC(C)C)[C@]1(C)O[C@H]1[C@H](C)[C@@H]1C[C@@](O)(NC(=O)O1)[C@H](OC)/C=C/C=C(\C)C2. The van der Waals surface area contributed by atoms with Crippen LogP contribution in [0.1, 0.15) is 66.4 Å². The van der Waals surface area contributed by atoms with Crippen LogP contribution in [0, 0.1) is 11.8 Å². The largest absolute Gasteiger partial charge is 0.495 e. The minimum atomic E-state index is -1.82. The van der Waals surface area contributed by atoms with E-state index >= 15 is 0 Å². The molecule has 2 fully saturated rings. The summed E-state index contributed by atoms with van der Waals surface area (Å²) in [6, 6.07) is 2.64. The van der Waals surface area contributed by atoms with Gasteiger partial charge in [-0.3, -0.25) is 14.9 Å². The van der Waals surface area contributed by atoms with E-state index in [-0.39, 0.29) is 36.1 Å². The molecule has 1 aromatic rings. The first-order valence-electron chi connectivity index (χ1n) is 17.2. The van der Waals surface area contributed by atoms with E-state index in [0.29, 0.717) is 17.9 Å². The van der Waals surface area contributed by atoms with Crippen LogP contribution < -0.4 is 15.0 Å². The lowest BCUT2D eigenvalue weighted by molar-refractivity contribution is -0.162. The maximum absolute atomic E-state index is 14.1. The molecule has 0 aromatic heterocycles. The van der Waals surface area contributed by atoms with Gasteiger partial charge in [0.2, 0.25) is 11.8 Å². The molecule has 0 radical (unpaired) electrons. The second kappa shape index (κ2) is 15.9. The molecule has 4 bridgehead atoms. The Balaban J connectivity index is 1.77. The number of alkyl carbamates (subject to hydrolysis) is 1. The van der Waals surface area contributed by atoms with Gasteiger partial charge in [-0.25, -0.2) is 9.59 Å². The number of allylic oxidation sites excluding steroid dienone is 3. The summed E-state index contributed by atoms with van der Waals surface area (Å²) in [4.78, 5) is 56.1. The third-order valence-corrected chi connectivity index (χ3v) is 10.5. The van der Waals surface area contributed by atoms with Crippen LogP contribution in [0.2, 0.25) is 5.02 Å². The molecule has 3 aliphatic rings. The number of aliphatic hydroxyl groups is 1. The number of rotatable bonds is 7. The highest BCUT2D eigenvalue weighted by atomic mass is 35.5. The quantitative estimate of drug-likeness (QED) is 0.301. The van der Waals surface area contributed by atoms with E-state index in [1.165, 1.54) is 31.1 Å². The maximum Gasteiger partial charge on any atom is 0.409 e. The van der Waals surface area contributed by atoms with Gasteiger partial charge in [-0.2, -0.15) is 0 Å². The van der Waals surface area contributed by atoms with Crippen molar-refractivity contribution in [2.24, 2.45) is 11.8 Å². The number of carbonyl (C=O) groups is 4. The number of benzene rings is 1. The lowest BCUT2D eigenvalue weighted by Crippen LogP contribution is -2.63. The molecule has 3 aliphatic heterocycles. The van der Waals surface area contributed by atoms with Crippen LogP contribution in [0.15, 0.2) is 35.9 Å². The van der Waals surface area contributed by atoms with E-state index in [2.05, 4.69) is 5.32 Å². The number of nitrogens with zero attached hydrogens (tertiary/aromatic N) is 2. The third kappa shape index (κ3) is 8.88. The smallest absolute Gasteiger partial charge is 0.409 e. The molecular weight excluding hydrogens is 682 g/mol. The Hall–Kier alpha value is -3.65. The number of anilines is 1. The molecule has 1 aromatic carbocycles. The Morgan fingerprint density at radius 3 is 2.53 bits per heavy atom. The molecule has 51 heavy (non-hydrogen) atoms. The van der Waals surface area contributed by atoms with Gasteiger partial charge in [0.25, 0.3) is 0 Å². The van der Waals surface area contributed by atoms with Crippen LogP contribution in [-0.4, -0.2) is 104 Å². The van der Waals surface area contributed by atoms with Gasteiger partial charge in [0.15, 0.2) is 5.72 Å². The Kier molecular flexibility index (Phi) is 12.5. The topological polar surface area (TPSA) is 156 Å². The summed E-state index contributed by atoms with van der Waals surface area (Å²) >= 11 is 6.75. The van der Waals surface area contributed by atoms with E-state index in [1.807, 2.05) is 26.8 Å². The number of ether oxygens (including phenoxy) is 5. The summed E-state index contributed by atoms with van der Waals surface area (Å²) in [7, 11) is 6.04. The highest BCUT2D eigenvalue weighted by Crippen LogP contribution is 2.49. The Labute approximate surface area is 305 Å². The third-order valence-electron chi connectivity index (χ3n) is 10.1. The minimum absolute atomic E-state index is 0.0442. The van der Waals surface area contributed by atoms with E-state index < -0.39 is 65.7 Å². The van der Waals surface area contributed by atoms with Gasteiger partial charge in [-0.1, -0.05) is 56.2 Å². The predicted octanol–water partition coefficient (Wildman–Crippen LogP) is 4.56. The van der Waals surface area contributed by atoms with Gasteiger partial charge in [0.1, 0.15) is 40.7 Å². The monoisotopic (exact) mass is 733 g/mol. The summed E-state index contributed by atoms with van der Waals surface area (Å²) in [5.41, 5.74) is -0.878. The van der Waals surface area contributed by atoms with E-state index in [0.717, 1.165) is 11.1 Å². The number of methoxy groups -OCH3 is 2. The molecule has 8 atom stereocenters. The first-order chi connectivity index (χ1) is 23.8. The van der Waals surface area contributed by atoms with Crippen molar-refractivity contribution in [1.82, 2.24) is 10.2 Å². The highest BCUT2D eigenvalue weighted by Gasteiger charge is 2.64. The zero-order valence-corrected chi connectivity index (χ0v) is 31.9. The van der Waals surface area contributed by atoms with Crippen LogP contribution in [-0.2, 0) is 39.8 Å². The number of epoxide rings is 1. The van der Waals surface area contributed by atoms with Gasteiger partial charge in [0.05, 0.1) is 25.3 Å². The van der Waals surface area contributed by atoms with Crippen LogP contribution in [0.5, 0.6) is 5.75 Å². The van der Waals surface area contributed by atoms with Crippen molar-refractivity contribution in [3.8, 4) is 5.75 Å². The fourth-order valence-electron chi connectivity index (χ4n) is 6.71. The molecule has 4 rings (SSSR count). The van der Waals surface area contributed by atoms with Gasteiger partial charge >= 0.3 is 12.1 Å². The molecule has 0 spiro atoms. The lowest BCUT2D eigenvalue weighted by Gasteiger charge is -2.42. The fourth-order valence-corrected chi connectivity index (χ4v) is 7.02. The summed E-state index contributed by atoms with van der Waals surface area (Å²) in [5.74, 6) is -1.41. The fraction of sp³-hybridized carbons (Fsp3) is 0.622. The number of carbonyl (C=O) groups excluding carboxylic acids is 4. The van der Waals surface area contributed by atoms with Crippen molar-refractivity contribution in [3.63, 3.8) is 0 Å². The Morgan fingerprint density at radius 2 is 1.90 bits per heavy atom. The average molecular weight is 734 g/mol. The zero-order chi connectivity index (χ0) is 38.0. The zero-order valence-electron chi connectivity index (χ0n) is 31.2. The normalized spacial score (nSPS) is 32.1. The molecule has 0 aliphatic carbocycles. The predicted molar refractivity (Wildman–Crippen MR) is 190 cm³/mol. The van der Waals surface area contributed by atoms with Gasteiger partial charge in [-0.15, -0.1) is 0 Å². The molecule has 0 unspecified atom stereocenters. The van der Waals surface area contributed by atoms with Crippen molar-refractivity contribution in [2.75, 3.05) is 33.2 Å². The average Bonchev–Trinajstić information content (AvgIpc) is 3.76. The number of hydrogen-bond acceptors (Lipinski definition) is 10. The first kappa shape index (κ1) is 40.1. The summed E-state index contributed by atoms with van der Waals surface area (Å²) < 4.78 is 29.2.